The Labute approximate surface area is 140 Å². The molecule has 0 radical (unpaired) electrons. The van der Waals surface area contributed by atoms with Crippen molar-refractivity contribution in [2.45, 2.75) is 26.3 Å². The Hall–Kier alpha value is -2.69. The Kier molecular flexibility index (Phi) is 4.60. The van der Waals surface area contributed by atoms with Crippen molar-refractivity contribution in [2.75, 3.05) is 11.4 Å². The molecule has 1 N–H and O–H groups in total. The second kappa shape index (κ2) is 6.83. The maximum Gasteiger partial charge on any atom is 0.240 e. The second-order valence-electron chi connectivity index (χ2n) is 5.99. The van der Waals surface area contributed by atoms with Crippen LogP contribution in [-0.4, -0.2) is 18.4 Å². The quantitative estimate of drug-likeness (QED) is 0.939. The molecule has 0 atom stereocenters. The van der Waals surface area contributed by atoms with E-state index >= 15 is 0 Å². The van der Waals surface area contributed by atoms with Crippen LogP contribution in [0.15, 0.2) is 42.5 Å². The zero-order chi connectivity index (χ0) is 17.1. The van der Waals surface area contributed by atoms with Crippen molar-refractivity contribution in [3.05, 3.63) is 65.0 Å². The highest BCUT2D eigenvalue weighted by molar-refractivity contribution is 6.01. The molecule has 0 aliphatic carbocycles. The lowest BCUT2D eigenvalue weighted by Crippen LogP contribution is -2.43. The standard InChI is InChI=1S/C19H19FN2O2/c1-13-5-7-14(8-6-13)11-21-17(23)12-22-18(24)10-9-15-3-2-4-16(20)19(15)22/h2-8H,9-12H2,1H3,(H,21,23). The summed E-state index contributed by atoms with van der Waals surface area (Å²) in [7, 11) is 0. The molecule has 2 aromatic carbocycles. The number of nitrogens with one attached hydrogen (secondary N) is 1. The van der Waals surface area contributed by atoms with Crippen LogP contribution in [0.3, 0.4) is 0 Å². The molecule has 0 fully saturated rings. The number of nitrogens with zero attached hydrogens (tertiary/aromatic N) is 1. The number of carbonyl (C=O) groups excluding carboxylic acids is 2. The van der Waals surface area contributed by atoms with Gasteiger partial charge in [0.1, 0.15) is 12.4 Å². The van der Waals surface area contributed by atoms with E-state index in [4.69, 9.17) is 0 Å². The fraction of sp³-hybridized carbons (Fsp3) is 0.263. The number of hydrogen-bond donors (Lipinski definition) is 1. The molecular weight excluding hydrogens is 307 g/mol. The van der Waals surface area contributed by atoms with E-state index in [1.54, 1.807) is 12.1 Å². The van der Waals surface area contributed by atoms with Gasteiger partial charge in [0.15, 0.2) is 0 Å². The van der Waals surface area contributed by atoms with Crippen LogP contribution in [0.4, 0.5) is 10.1 Å². The van der Waals surface area contributed by atoms with Gasteiger partial charge < -0.3 is 5.32 Å². The molecule has 124 valence electrons. The van der Waals surface area contributed by atoms with Crippen LogP contribution in [0.5, 0.6) is 0 Å². The highest BCUT2D eigenvalue weighted by Gasteiger charge is 2.28. The summed E-state index contributed by atoms with van der Waals surface area (Å²) in [6.07, 6.45) is 0.801. The molecule has 0 bridgehead atoms. The lowest BCUT2D eigenvalue weighted by Gasteiger charge is -2.29. The Morgan fingerprint density at radius 1 is 1.17 bits per heavy atom. The molecule has 24 heavy (non-hydrogen) atoms. The second-order valence-corrected chi connectivity index (χ2v) is 5.99. The van der Waals surface area contributed by atoms with Gasteiger partial charge in [0.05, 0.1) is 5.69 Å². The van der Waals surface area contributed by atoms with Crippen molar-refractivity contribution in [2.24, 2.45) is 0 Å². The third-order valence-corrected chi connectivity index (χ3v) is 4.16. The smallest absolute Gasteiger partial charge is 0.240 e. The van der Waals surface area contributed by atoms with Crippen molar-refractivity contribution in [1.82, 2.24) is 5.32 Å². The molecule has 0 saturated carbocycles. The summed E-state index contributed by atoms with van der Waals surface area (Å²) in [6.45, 7) is 2.21. The first-order chi connectivity index (χ1) is 11.5. The molecule has 0 saturated heterocycles. The predicted molar refractivity (Wildman–Crippen MR) is 90.1 cm³/mol. The lowest BCUT2D eigenvalue weighted by atomic mass is 10.0. The number of amides is 2. The number of aryl methyl sites for hydroxylation is 2. The van der Waals surface area contributed by atoms with Gasteiger partial charge in [0.25, 0.3) is 0 Å². The van der Waals surface area contributed by atoms with Crippen LogP contribution in [0.25, 0.3) is 0 Å². The molecule has 5 heteroatoms. The molecule has 0 aromatic heterocycles. The molecule has 1 heterocycles. The fourth-order valence-electron chi connectivity index (χ4n) is 2.84. The summed E-state index contributed by atoms with van der Waals surface area (Å²) in [6, 6.07) is 12.6. The molecule has 0 unspecified atom stereocenters. The van der Waals surface area contributed by atoms with Crippen LogP contribution < -0.4 is 10.2 Å². The third-order valence-electron chi connectivity index (χ3n) is 4.16. The van der Waals surface area contributed by atoms with Gasteiger partial charge in [0, 0.05) is 13.0 Å². The number of fused-ring (bicyclic) bond motifs is 1. The predicted octanol–water partition coefficient (Wildman–Crippen LogP) is 2.73. The third kappa shape index (κ3) is 3.45. The Bertz CT molecular complexity index is 771. The number of benzene rings is 2. The zero-order valence-electron chi connectivity index (χ0n) is 13.5. The highest BCUT2D eigenvalue weighted by atomic mass is 19.1. The number of carbonyl (C=O) groups is 2. The zero-order valence-corrected chi connectivity index (χ0v) is 13.5. The normalized spacial score (nSPS) is 13.6. The van der Waals surface area contributed by atoms with Gasteiger partial charge in [-0.25, -0.2) is 4.39 Å². The van der Waals surface area contributed by atoms with Gasteiger partial charge >= 0.3 is 0 Å². The van der Waals surface area contributed by atoms with E-state index in [0.717, 1.165) is 16.7 Å². The summed E-state index contributed by atoms with van der Waals surface area (Å²) in [5.41, 5.74) is 3.13. The Morgan fingerprint density at radius 3 is 2.67 bits per heavy atom. The van der Waals surface area contributed by atoms with Crippen LogP contribution in [0.2, 0.25) is 0 Å². The number of hydrogen-bond acceptors (Lipinski definition) is 2. The van der Waals surface area contributed by atoms with Crippen molar-refractivity contribution < 1.29 is 14.0 Å². The SMILES string of the molecule is Cc1ccc(CNC(=O)CN2C(=O)CCc3cccc(F)c32)cc1. The monoisotopic (exact) mass is 326 g/mol. The maximum atomic E-state index is 14.1. The van der Waals surface area contributed by atoms with Crippen LogP contribution in [-0.2, 0) is 22.6 Å². The summed E-state index contributed by atoms with van der Waals surface area (Å²) >= 11 is 0. The minimum atomic E-state index is -0.466. The van der Waals surface area contributed by atoms with Gasteiger partial charge in [-0.3, -0.25) is 14.5 Å². The Balaban J connectivity index is 1.68. The summed E-state index contributed by atoms with van der Waals surface area (Å²) in [5, 5.41) is 2.78. The van der Waals surface area contributed by atoms with Gasteiger partial charge in [-0.05, 0) is 30.5 Å². The first-order valence-electron chi connectivity index (χ1n) is 7.94. The number of para-hydroxylation sites is 1. The molecule has 1 aliphatic heterocycles. The Morgan fingerprint density at radius 2 is 1.92 bits per heavy atom. The van der Waals surface area contributed by atoms with Gasteiger partial charge in [-0.2, -0.15) is 0 Å². The average molecular weight is 326 g/mol. The topological polar surface area (TPSA) is 49.4 Å². The van der Waals surface area contributed by atoms with E-state index in [9.17, 15) is 14.0 Å². The molecule has 2 aromatic rings. The molecule has 1 aliphatic rings. The molecule has 4 nitrogen and oxygen atoms in total. The van der Waals surface area contributed by atoms with Gasteiger partial charge in [0.2, 0.25) is 11.8 Å². The maximum absolute atomic E-state index is 14.1. The van der Waals surface area contributed by atoms with E-state index in [2.05, 4.69) is 5.32 Å². The lowest BCUT2D eigenvalue weighted by molar-refractivity contribution is -0.124. The summed E-state index contributed by atoms with van der Waals surface area (Å²) < 4.78 is 14.1. The number of rotatable bonds is 4. The minimum absolute atomic E-state index is 0.168. The fourth-order valence-corrected chi connectivity index (χ4v) is 2.84. The molecule has 3 rings (SSSR count). The number of anilines is 1. The van der Waals surface area contributed by atoms with E-state index in [1.165, 1.54) is 11.0 Å². The van der Waals surface area contributed by atoms with Gasteiger partial charge in [-0.15, -0.1) is 0 Å². The first-order valence-corrected chi connectivity index (χ1v) is 7.94. The van der Waals surface area contributed by atoms with Crippen molar-refractivity contribution in [3.63, 3.8) is 0 Å². The van der Waals surface area contributed by atoms with E-state index < -0.39 is 5.82 Å². The van der Waals surface area contributed by atoms with Crippen molar-refractivity contribution in [1.29, 1.82) is 0 Å². The van der Waals surface area contributed by atoms with Crippen molar-refractivity contribution in [3.8, 4) is 0 Å². The van der Waals surface area contributed by atoms with E-state index in [0.29, 0.717) is 19.4 Å². The molecule has 0 spiro atoms. The van der Waals surface area contributed by atoms with Gasteiger partial charge in [-0.1, -0.05) is 42.0 Å². The molecule has 2 amide bonds. The number of halogens is 1. The highest BCUT2D eigenvalue weighted by Crippen LogP contribution is 2.30. The average Bonchev–Trinajstić information content (AvgIpc) is 2.57. The molecular formula is C19H19FN2O2. The van der Waals surface area contributed by atoms with Crippen molar-refractivity contribution >= 4 is 17.5 Å². The summed E-state index contributed by atoms with van der Waals surface area (Å²) in [4.78, 5) is 25.6. The van der Waals surface area contributed by atoms with Crippen LogP contribution in [0, 0.1) is 12.7 Å². The largest absolute Gasteiger partial charge is 0.350 e. The van der Waals surface area contributed by atoms with Crippen LogP contribution >= 0.6 is 0 Å². The first kappa shape index (κ1) is 16.2. The van der Waals surface area contributed by atoms with E-state index in [1.807, 2.05) is 31.2 Å². The summed E-state index contributed by atoms with van der Waals surface area (Å²) in [5.74, 6) is -0.995. The van der Waals surface area contributed by atoms with Crippen LogP contribution in [0.1, 0.15) is 23.1 Å². The van der Waals surface area contributed by atoms with E-state index in [-0.39, 0.29) is 24.0 Å². The minimum Gasteiger partial charge on any atom is -0.350 e.